The molecule has 2 nitrogen and oxygen atoms in total. The molecule has 0 aliphatic carbocycles. The molecule has 15 heavy (non-hydrogen) atoms. The van der Waals surface area contributed by atoms with E-state index in [0.29, 0.717) is 0 Å². The lowest BCUT2D eigenvalue weighted by Gasteiger charge is -2.04. The summed E-state index contributed by atoms with van der Waals surface area (Å²) < 4.78 is 5.52. The number of hydrogen-bond donors (Lipinski definition) is 0. The smallest absolute Gasteiger partial charge is 0.119 e. The predicted octanol–water partition coefficient (Wildman–Crippen LogP) is 3.40. The van der Waals surface area contributed by atoms with Crippen molar-refractivity contribution in [3.63, 3.8) is 0 Å². The third-order valence-electron chi connectivity index (χ3n) is 2.00. The van der Waals surface area contributed by atoms with E-state index >= 15 is 0 Å². The first-order valence-electron chi connectivity index (χ1n) is 5.16. The first-order chi connectivity index (χ1) is 7.36. The molecular formula is C13H15NO. The average molecular weight is 201 g/mol. The highest BCUT2D eigenvalue weighted by Crippen LogP contribution is 2.13. The van der Waals surface area contributed by atoms with Crippen molar-refractivity contribution in [1.29, 1.82) is 5.26 Å². The van der Waals surface area contributed by atoms with E-state index in [-0.39, 0.29) is 0 Å². The molecule has 0 bridgehead atoms. The third kappa shape index (κ3) is 4.33. The molecule has 0 heterocycles. The first-order valence-corrected chi connectivity index (χ1v) is 5.16. The van der Waals surface area contributed by atoms with E-state index in [1.54, 1.807) is 6.08 Å². The van der Waals surface area contributed by atoms with Gasteiger partial charge in [0.25, 0.3) is 0 Å². The summed E-state index contributed by atoms with van der Waals surface area (Å²) >= 11 is 0. The maximum absolute atomic E-state index is 8.36. The number of nitriles is 1. The Morgan fingerprint density at radius 2 is 2.07 bits per heavy atom. The molecule has 1 aromatic rings. The van der Waals surface area contributed by atoms with Gasteiger partial charge in [0.15, 0.2) is 0 Å². The molecular weight excluding hydrogens is 186 g/mol. The van der Waals surface area contributed by atoms with Crippen LogP contribution >= 0.6 is 0 Å². The van der Waals surface area contributed by atoms with Crippen LogP contribution in [-0.4, -0.2) is 6.61 Å². The molecule has 0 atom stereocenters. The number of benzene rings is 1. The van der Waals surface area contributed by atoms with E-state index in [2.05, 4.69) is 6.92 Å². The monoisotopic (exact) mass is 201 g/mol. The maximum Gasteiger partial charge on any atom is 0.119 e. The molecule has 0 amide bonds. The standard InChI is InChI=1S/C13H15NO/c1-2-3-11-15-13-8-6-12(7-9-13)5-4-10-14/h4-9H,2-3,11H2,1H3. The summed E-state index contributed by atoms with van der Waals surface area (Å²) in [5.41, 5.74) is 1.01. The number of hydrogen-bond acceptors (Lipinski definition) is 2. The molecule has 1 rings (SSSR count). The number of allylic oxidation sites excluding steroid dienone is 1. The van der Waals surface area contributed by atoms with Crippen LogP contribution < -0.4 is 4.74 Å². The number of rotatable bonds is 5. The van der Waals surface area contributed by atoms with Gasteiger partial charge in [0.1, 0.15) is 5.75 Å². The Labute approximate surface area is 90.8 Å². The van der Waals surface area contributed by atoms with E-state index in [1.807, 2.05) is 30.3 Å². The molecule has 0 radical (unpaired) electrons. The lowest BCUT2D eigenvalue weighted by molar-refractivity contribution is 0.309. The van der Waals surface area contributed by atoms with Crippen molar-refractivity contribution < 1.29 is 4.74 Å². The summed E-state index contributed by atoms with van der Waals surface area (Å²) in [6, 6.07) is 9.69. The van der Waals surface area contributed by atoms with Crippen LogP contribution in [0.1, 0.15) is 25.3 Å². The van der Waals surface area contributed by atoms with Crippen LogP contribution in [0.25, 0.3) is 6.08 Å². The second kappa shape index (κ2) is 6.67. The normalized spacial score (nSPS) is 10.1. The zero-order chi connectivity index (χ0) is 10.9. The molecule has 0 aliphatic heterocycles. The summed E-state index contributed by atoms with van der Waals surface area (Å²) in [5.74, 6) is 0.887. The van der Waals surface area contributed by atoms with E-state index in [1.165, 1.54) is 6.08 Å². The summed E-state index contributed by atoms with van der Waals surface area (Å²) in [6.07, 6.45) is 5.46. The Balaban J connectivity index is 2.49. The maximum atomic E-state index is 8.36. The topological polar surface area (TPSA) is 33.0 Å². The van der Waals surface area contributed by atoms with Gasteiger partial charge in [-0.15, -0.1) is 0 Å². The summed E-state index contributed by atoms with van der Waals surface area (Å²) in [6.45, 7) is 2.91. The van der Waals surface area contributed by atoms with Gasteiger partial charge in [-0.2, -0.15) is 5.26 Å². The largest absolute Gasteiger partial charge is 0.494 e. The summed E-state index contributed by atoms with van der Waals surface area (Å²) in [5, 5.41) is 8.36. The molecule has 0 unspecified atom stereocenters. The summed E-state index contributed by atoms with van der Waals surface area (Å²) in [7, 11) is 0. The van der Waals surface area contributed by atoms with Crippen LogP contribution in [0.2, 0.25) is 0 Å². The van der Waals surface area contributed by atoms with Gasteiger partial charge in [-0.1, -0.05) is 25.5 Å². The Kier molecular flexibility index (Phi) is 5.03. The molecule has 78 valence electrons. The summed E-state index contributed by atoms with van der Waals surface area (Å²) in [4.78, 5) is 0. The fraction of sp³-hybridized carbons (Fsp3) is 0.308. The first kappa shape index (κ1) is 11.3. The van der Waals surface area contributed by atoms with Crippen molar-refractivity contribution in [2.75, 3.05) is 6.61 Å². The van der Waals surface area contributed by atoms with Crippen molar-refractivity contribution in [3.8, 4) is 11.8 Å². The van der Waals surface area contributed by atoms with Crippen molar-refractivity contribution in [2.24, 2.45) is 0 Å². The van der Waals surface area contributed by atoms with Gasteiger partial charge in [0.2, 0.25) is 0 Å². The minimum absolute atomic E-state index is 0.768. The zero-order valence-electron chi connectivity index (χ0n) is 8.94. The fourth-order valence-corrected chi connectivity index (χ4v) is 1.14. The zero-order valence-corrected chi connectivity index (χ0v) is 8.94. The van der Waals surface area contributed by atoms with E-state index in [0.717, 1.165) is 30.8 Å². The van der Waals surface area contributed by atoms with Crippen LogP contribution in [0.15, 0.2) is 30.3 Å². The van der Waals surface area contributed by atoms with Crippen LogP contribution in [0.3, 0.4) is 0 Å². The average Bonchev–Trinajstić information content (AvgIpc) is 2.28. The van der Waals surface area contributed by atoms with E-state index in [9.17, 15) is 0 Å². The van der Waals surface area contributed by atoms with Crippen LogP contribution in [0.5, 0.6) is 5.75 Å². The number of ether oxygens (including phenoxy) is 1. The Hall–Kier alpha value is -1.75. The van der Waals surface area contributed by atoms with Crippen LogP contribution in [0, 0.1) is 11.3 Å². The van der Waals surface area contributed by atoms with E-state index in [4.69, 9.17) is 10.00 Å². The minimum Gasteiger partial charge on any atom is -0.494 e. The van der Waals surface area contributed by atoms with Crippen molar-refractivity contribution in [1.82, 2.24) is 0 Å². The minimum atomic E-state index is 0.768. The molecule has 2 heteroatoms. The lowest BCUT2D eigenvalue weighted by Crippen LogP contribution is -1.95. The highest BCUT2D eigenvalue weighted by Gasteiger charge is 1.92. The van der Waals surface area contributed by atoms with Gasteiger partial charge in [-0.05, 0) is 30.2 Å². The second-order valence-corrected chi connectivity index (χ2v) is 3.23. The highest BCUT2D eigenvalue weighted by atomic mass is 16.5. The molecule has 0 spiro atoms. The molecule has 1 aromatic carbocycles. The molecule has 0 fully saturated rings. The van der Waals surface area contributed by atoms with Crippen LogP contribution in [-0.2, 0) is 0 Å². The van der Waals surface area contributed by atoms with Gasteiger partial charge in [0.05, 0.1) is 12.7 Å². The fourth-order valence-electron chi connectivity index (χ4n) is 1.14. The molecule has 0 N–H and O–H groups in total. The predicted molar refractivity (Wildman–Crippen MR) is 61.5 cm³/mol. The molecule has 0 saturated heterocycles. The van der Waals surface area contributed by atoms with Crippen molar-refractivity contribution in [3.05, 3.63) is 35.9 Å². The third-order valence-corrected chi connectivity index (χ3v) is 2.00. The molecule has 0 aromatic heterocycles. The Morgan fingerprint density at radius 1 is 1.33 bits per heavy atom. The van der Waals surface area contributed by atoms with Crippen molar-refractivity contribution in [2.45, 2.75) is 19.8 Å². The highest BCUT2D eigenvalue weighted by molar-refractivity contribution is 5.52. The number of nitrogens with zero attached hydrogens (tertiary/aromatic N) is 1. The Morgan fingerprint density at radius 3 is 2.67 bits per heavy atom. The molecule has 0 saturated carbocycles. The van der Waals surface area contributed by atoms with Crippen LogP contribution in [0.4, 0.5) is 0 Å². The molecule has 0 aliphatic rings. The quantitative estimate of drug-likeness (QED) is 0.540. The van der Waals surface area contributed by atoms with Crippen molar-refractivity contribution >= 4 is 6.08 Å². The van der Waals surface area contributed by atoms with Gasteiger partial charge in [0, 0.05) is 6.08 Å². The second-order valence-electron chi connectivity index (χ2n) is 3.23. The van der Waals surface area contributed by atoms with E-state index < -0.39 is 0 Å². The van der Waals surface area contributed by atoms with Gasteiger partial charge >= 0.3 is 0 Å². The van der Waals surface area contributed by atoms with Gasteiger partial charge in [-0.25, -0.2) is 0 Å². The Bertz CT molecular complexity index is 346. The lowest BCUT2D eigenvalue weighted by atomic mass is 10.2. The SMILES string of the molecule is CCCCOc1ccc(C=CC#N)cc1. The number of unbranched alkanes of at least 4 members (excludes halogenated alkanes) is 1. The van der Waals surface area contributed by atoms with Gasteiger partial charge in [-0.3, -0.25) is 0 Å². The van der Waals surface area contributed by atoms with Gasteiger partial charge < -0.3 is 4.74 Å².